The van der Waals surface area contributed by atoms with Gasteiger partial charge in [0.1, 0.15) is 18.0 Å². The van der Waals surface area contributed by atoms with E-state index in [1.807, 2.05) is 29.1 Å². The molecule has 0 fully saturated rings. The minimum absolute atomic E-state index is 0.0622. The quantitative estimate of drug-likeness (QED) is 0.453. The number of carbonyl (C=O) groups excluding carboxylic acids is 1. The van der Waals surface area contributed by atoms with Crippen LogP contribution in [0.25, 0.3) is 5.82 Å². The first-order chi connectivity index (χ1) is 13.0. The SMILES string of the molecule is CC(=O)c1cccc(S(=O)(=O)NCCNc2cc(-n3cccc3)ncn2)c1. The van der Waals surface area contributed by atoms with E-state index in [0.717, 1.165) is 0 Å². The zero-order valence-corrected chi connectivity index (χ0v) is 15.5. The molecule has 0 aliphatic carbocycles. The molecule has 0 aliphatic heterocycles. The van der Waals surface area contributed by atoms with Crippen LogP contribution in [0.15, 0.2) is 66.1 Å². The van der Waals surface area contributed by atoms with E-state index >= 15 is 0 Å². The molecule has 0 spiro atoms. The molecule has 8 nitrogen and oxygen atoms in total. The highest BCUT2D eigenvalue weighted by atomic mass is 32.2. The number of aromatic nitrogens is 3. The molecule has 1 aromatic carbocycles. The zero-order valence-electron chi connectivity index (χ0n) is 14.7. The van der Waals surface area contributed by atoms with E-state index < -0.39 is 10.0 Å². The van der Waals surface area contributed by atoms with Gasteiger partial charge in [0.2, 0.25) is 10.0 Å². The summed E-state index contributed by atoms with van der Waals surface area (Å²) in [5, 5.41) is 3.06. The summed E-state index contributed by atoms with van der Waals surface area (Å²) in [4.78, 5) is 19.8. The van der Waals surface area contributed by atoms with Crippen molar-refractivity contribution in [2.24, 2.45) is 0 Å². The summed E-state index contributed by atoms with van der Waals surface area (Å²) in [6.07, 6.45) is 5.18. The number of nitrogens with one attached hydrogen (secondary N) is 2. The van der Waals surface area contributed by atoms with Crippen molar-refractivity contribution in [3.63, 3.8) is 0 Å². The Balaban J connectivity index is 1.58. The summed E-state index contributed by atoms with van der Waals surface area (Å²) < 4.78 is 29.0. The van der Waals surface area contributed by atoms with E-state index in [1.165, 1.54) is 25.4 Å². The first kappa shape index (κ1) is 18.7. The fourth-order valence-corrected chi connectivity index (χ4v) is 3.49. The minimum atomic E-state index is -3.69. The molecule has 0 unspecified atom stereocenters. The van der Waals surface area contributed by atoms with Gasteiger partial charge >= 0.3 is 0 Å². The highest BCUT2D eigenvalue weighted by molar-refractivity contribution is 7.89. The molecular formula is C18H19N5O3S. The van der Waals surface area contributed by atoms with E-state index in [4.69, 9.17) is 0 Å². The second-order valence-electron chi connectivity index (χ2n) is 5.76. The zero-order chi connectivity index (χ0) is 19.3. The smallest absolute Gasteiger partial charge is 0.240 e. The molecule has 0 bridgehead atoms. The summed E-state index contributed by atoms with van der Waals surface area (Å²) in [7, 11) is -3.69. The Morgan fingerprint density at radius 2 is 1.85 bits per heavy atom. The van der Waals surface area contributed by atoms with Crippen molar-refractivity contribution >= 4 is 21.6 Å². The topological polar surface area (TPSA) is 106 Å². The van der Waals surface area contributed by atoms with Crippen LogP contribution >= 0.6 is 0 Å². The molecule has 0 aliphatic rings. The summed E-state index contributed by atoms with van der Waals surface area (Å²) in [5.74, 6) is 1.11. The molecule has 140 valence electrons. The van der Waals surface area contributed by atoms with Crippen LogP contribution in [-0.2, 0) is 10.0 Å². The van der Waals surface area contributed by atoms with Crippen molar-refractivity contribution in [1.29, 1.82) is 0 Å². The highest BCUT2D eigenvalue weighted by Gasteiger charge is 2.14. The number of Topliss-reactive ketones (excluding diaryl/α,β-unsaturated/α-hetero) is 1. The number of anilines is 1. The molecule has 9 heteroatoms. The van der Waals surface area contributed by atoms with Gasteiger partial charge in [0.15, 0.2) is 5.78 Å². The summed E-state index contributed by atoms with van der Waals surface area (Å²) in [6.45, 7) is 1.90. The van der Waals surface area contributed by atoms with E-state index in [2.05, 4.69) is 20.0 Å². The van der Waals surface area contributed by atoms with E-state index in [0.29, 0.717) is 23.7 Å². The third-order valence-corrected chi connectivity index (χ3v) is 5.25. The van der Waals surface area contributed by atoms with Crippen molar-refractivity contribution in [1.82, 2.24) is 19.3 Å². The van der Waals surface area contributed by atoms with Gasteiger partial charge in [-0.1, -0.05) is 12.1 Å². The molecule has 2 heterocycles. The number of carbonyl (C=O) groups is 1. The molecule has 0 saturated carbocycles. The van der Waals surface area contributed by atoms with Crippen molar-refractivity contribution in [2.75, 3.05) is 18.4 Å². The van der Waals surface area contributed by atoms with Gasteiger partial charge in [0, 0.05) is 37.1 Å². The Morgan fingerprint density at radius 3 is 2.59 bits per heavy atom. The van der Waals surface area contributed by atoms with E-state index in [9.17, 15) is 13.2 Å². The molecule has 0 radical (unpaired) electrons. The van der Waals surface area contributed by atoms with Gasteiger partial charge < -0.3 is 9.88 Å². The maximum absolute atomic E-state index is 12.3. The molecular weight excluding hydrogens is 366 g/mol. The standard InChI is InChI=1S/C18H19N5O3S/c1-14(24)15-5-4-6-16(11-15)27(25,26)22-8-7-19-17-12-18(21-13-20-17)23-9-2-3-10-23/h2-6,9-13,22H,7-8H2,1H3,(H,19,20,21). The van der Waals surface area contributed by atoms with Gasteiger partial charge in [0.05, 0.1) is 4.90 Å². The Labute approximate surface area is 157 Å². The van der Waals surface area contributed by atoms with Crippen LogP contribution in [0, 0.1) is 0 Å². The molecule has 2 N–H and O–H groups in total. The molecule has 27 heavy (non-hydrogen) atoms. The Bertz CT molecular complexity index is 1030. The third kappa shape index (κ3) is 4.78. The van der Waals surface area contributed by atoms with Gasteiger partial charge in [0.25, 0.3) is 0 Å². The fourth-order valence-electron chi connectivity index (χ4n) is 2.41. The predicted octanol–water partition coefficient (Wildman–Crippen LogP) is 1.86. The lowest BCUT2D eigenvalue weighted by molar-refractivity contribution is 0.101. The average molecular weight is 385 g/mol. The number of sulfonamides is 1. The van der Waals surface area contributed by atoms with Crippen LogP contribution in [0.3, 0.4) is 0 Å². The third-order valence-electron chi connectivity index (χ3n) is 3.80. The van der Waals surface area contributed by atoms with Crippen LogP contribution in [0.1, 0.15) is 17.3 Å². The van der Waals surface area contributed by atoms with Crippen molar-refractivity contribution < 1.29 is 13.2 Å². The summed E-state index contributed by atoms with van der Waals surface area (Å²) >= 11 is 0. The maximum atomic E-state index is 12.3. The number of rotatable bonds is 8. The van der Waals surface area contributed by atoms with Gasteiger partial charge in [-0.05, 0) is 31.2 Å². The van der Waals surface area contributed by atoms with E-state index in [-0.39, 0.29) is 17.2 Å². The lowest BCUT2D eigenvalue weighted by Gasteiger charge is -2.10. The number of ketones is 1. The molecule has 2 aromatic heterocycles. The lowest BCUT2D eigenvalue weighted by atomic mass is 10.2. The predicted molar refractivity (Wildman–Crippen MR) is 101 cm³/mol. The average Bonchev–Trinajstić information content (AvgIpc) is 3.20. The lowest BCUT2D eigenvalue weighted by Crippen LogP contribution is -2.29. The highest BCUT2D eigenvalue weighted by Crippen LogP contribution is 2.12. The number of hydrogen-bond acceptors (Lipinski definition) is 6. The Kier molecular flexibility index (Phi) is 5.63. The number of hydrogen-bond donors (Lipinski definition) is 2. The largest absolute Gasteiger partial charge is 0.369 e. The van der Waals surface area contributed by atoms with Crippen LogP contribution in [0.4, 0.5) is 5.82 Å². The second kappa shape index (κ2) is 8.11. The Hall–Kier alpha value is -3.04. The normalized spacial score (nSPS) is 11.3. The van der Waals surface area contributed by atoms with Gasteiger partial charge in [-0.3, -0.25) is 4.79 Å². The molecule has 0 amide bonds. The van der Waals surface area contributed by atoms with Crippen LogP contribution in [0.2, 0.25) is 0 Å². The fraction of sp³-hybridized carbons (Fsp3) is 0.167. The Morgan fingerprint density at radius 1 is 1.07 bits per heavy atom. The van der Waals surface area contributed by atoms with Gasteiger partial charge in [-0.15, -0.1) is 0 Å². The van der Waals surface area contributed by atoms with Crippen molar-refractivity contribution in [3.05, 3.63) is 66.7 Å². The summed E-state index contributed by atoms with van der Waals surface area (Å²) in [6, 6.07) is 11.5. The first-order valence-electron chi connectivity index (χ1n) is 8.26. The number of nitrogens with zero attached hydrogens (tertiary/aromatic N) is 3. The molecule has 0 atom stereocenters. The van der Waals surface area contributed by atoms with Crippen LogP contribution < -0.4 is 10.0 Å². The van der Waals surface area contributed by atoms with Crippen LogP contribution in [-0.4, -0.2) is 41.8 Å². The number of benzene rings is 1. The van der Waals surface area contributed by atoms with Gasteiger partial charge in [-0.2, -0.15) is 0 Å². The minimum Gasteiger partial charge on any atom is -0.369 e. The first-order valence-corrected chi connectivity index (χ1v) is 9.74. The van der Waals surface area contributed by atoms with E-state index in [1.54, 1.807) is 18.2 Å². The second-order valence-corrected chi connectivity index (χ2v) is 7.53. The van der Waals surface area contributed by atoms with Crippen molar-refractivity contribution in [2.45, 2.75) is 11.8 Å². The van der Waals surface area contributed by atoms with Crippen LogP contribution in [0.5, 0.6) is 0 Å². The van der Waals surface area contributed by atoms with Crippen molar-refractivity contribution in [3.8, 4) is 5.82 Å². The molecule has 3 rings (SSSR count). The monoisotopic (exact) mass is 385 g/mol. The summed E-state index contributed by atoms with van der Waals surface area (Å²) in [5.41, 5.74) is 0.356. The molecule has 3 aromatic rings. The maximum Gasteiger partial charge on any atom is 0.240 e. The van der Waals surface area contributed by atoms with Gasteiger partial charge in [-0.25, -0.2) is 23.1 Å². The molecule has 0 saturated heterocycles.